The molecule has 0 atom stereocenters. The summed E-state index contributed by atoms with van der Waals surface area (Å²) >= 11 is 1.47. The second-order valence-electron chi connectivity index (χ2n) is 4.99. The molecule has 1 aromatic carbocycles. The van der Waals surface area contributed by atoms with Gasteiger partial charge in [0.15, 0.2) is 5.70 Å². The van der Waals surface area contributed by atoms with E-state index in [0.717, 1.165) is 16.3 Å². The summed E-state index contributed by atoms with van der Waals surface area (Å²) in [5.41, 5.74) is 2.47. The molecule has 1 aliphatic rings. The number of aromatic nitrogens is 2. The van der Waals surface area contributed by atoms with Crippen molar-refractivity contribution in [2.24, 2.45) is 4.99 Å². The van der Waals surface area contributed by atoms with Crippen LogP contribution in [-0.4, -0.2) is 21.8 Å². The van der Waals surface area contributed by atoms with Gasteiger partial charge in [-0.1, -0.05) is 24.3 Å². The Morgan fingerprint density at radius 1 is 1.04 bits per heavy atom. The Labute approximate surface area is 142 Å². The Morgan fingerprint density at radius 2 is 1.88 bits per heavy atom. The van der Waals surface area contributed by atoms with Gasteiger partial charge in [0.1, 0.15) is 5.01 Å². The van der Waals surface area contributed by atoms with Gasteiger partial charge in [-0.2, -0.15) is 0 Å². The number of carbonyl (C=O) groups excluding carboxylic acids is 1. The zero-order valence-corrected chi connectivity index (χ0v) is 13.2. The number of hydrogen-bond donors (Lipinski definition) is 0. The molecule has 3 aromatic rings. The number of hydrogen-bond acceptors (Lipinski definition) is 6. The highest BCUT2D eigenvalue weighted by Gasteiger charge is 2.24. The maximum Gasteiger partial charge on any atom is 0.363 e. The molecular formula is C18H11N3O2S. The Hall–Kier alpha value is -3.12. The number of carbonyl (C=O) groups is 1. The van der Waals surface area contributed by atoms with E-state index in [-0.39, 0.29) is 5.70 Å². The SMILES string of the molecule is O=C1OC(c2ccccc2)=N/C1=C/c1csc(-c2ccccn2)n1. The summed E-state index contributed by atoms with van der Waals surface area (Å²) in [6.07, 6.45) is 3.35. The highest BCUT2D eigenvalue weighted by Crippen LogP contribution is 2.24. The van der Waals surface area contributed by atoms with Crippen molar-refractivity contribution in [3.63, 3.8) is 0 Å². The lowest BCUT2D eigenvalue weighted by molar-refractivity contribution is -0.129. The molecule has 0 aliphatic carbocycles. The molecule has 0 saturated heterocycles. The van der Waals surface area contributed by atoms with Crippen LogP contribution < -0.4 is 0 Å². The summed E-state index contributed by atoms with van der Waals surface area (Å²) in [5, 5.41) is 2.65. The number of benzene rings is 1. The fourth-order valence-electron chi connectivity index (χ4n) is 2.21. The molecule has 3 heterocycles. The molecule has 1 aliphatic heterocycles. The molecule has 4 rings (SSSR count). The molecule has 0 amide bonds. The molecule has 0 bridgehead atoms. The van der Waals surface area contributed by atoms with Crippen molar-refractivity contribution in [3.05, 3.63) is 77.1 Å². The quantitative estimate of drug-likeness (QED) is 0.543. The van der Waals surface area contributed by atoms with Crippen LogP contribution in [-0.2, 0) is 9.53 Å². The minimum atomic E-state index is -0.471. The lowest BCUT2D eigenvalue weighted by Gasteiger charge is -1.97. The van der Waals surface area contributed by atoms with Crippen LogP contribution in [0, 0.1) is 0 Å². The summed E-state index contributed by atoms with van der Waals surface area (Å²) in [5.74, 6) is -0.159. The highest BCUT2D eigenvalue weighted by molar-refractivity contribution is 7.13. The first-order valence-corrected chi connectivity index (χ1v) is 8.12. The van der Waals surface area contributed by atoms with Crippen LogP contribution in [0.3, 0.4) is 0 Å². The third-order valence-electron chi connectivity index (χ3n) is 3.33. The molecule has 2 aromatic heterocycles. The van der Waals surface area contributed by atoms with Gasteiger partial charge < -0.3 is 4.74 Å². The lowest BCUT2D eigenvalue weighted by Crippen LogP contribution is -2.04. The fraction of sp³-hybridized carbons (Fsp3) is 0. The maximum atomic E-state index is 12.0. The number of aliphatic imine (C=N–C) groups is 1. The van der Waals surface area contributed by atoms with Crippen LogP contribution in [0.1, 0.15) is 11.3 Å². The fourth-order valence-corrected chi connectivity index (χ4v) is 2.97. The lowest BCUT2D eigenvalue weighted by atomic mass is 10.2. The Balaban J connectivity index is 1.63. The molecule has 0 unspecified atom stereocenters. The van der Waals surface area contributed by atoms with E-state index >= 15 is 0 Å². The van der Waals surface area contributed by atoms with E-state index in [1.807, 2.05) is 53.9 Å². The third kappa shape index (κ3) is 2.87. The largest absolute Gasteiger partial charge is 0.402 e. The number of esters is 1. The van der Waals surface area contributed by atoms with E-state index in [4.69, 9.17) is 4.74 Å². The zero-order chi connectivity index (χ0) is 16.4. The Morgan fingerprint density at radius 3 is 2.67 bits per heavy atom. The van der Waals surface area contributed by atoms with Gasteiger partial charge in [0.05, 0.1) is 11.4 Å². The molecule has 5 nitrogen and oxygen atoms in total. The van der Waals surface area contributed by atoms with Crippen molar-refractivity contribution in [2.45, 2.75) is 0 Å². The number of ether oxygens (including phenoxy) is 1. The van der Waals surface area contributed by atoms with Crippen LogP contribution in [0.5, 0.6) is 0 Å². The van der Waals surface area contributed by atoms with Crippen molar-refractivity contribution in [3.8, 4) is 10.7 Å². The van der Waals surface area contributed by atoms with Crippen molar-refractivity contribution in [1.82, 2.24) is 9.97 Å². The summed E-state index contributed by atoms with van der Waals surface area (Å²) in [6.45, 7) is 0. The van der Waals surface area contributed by atoms with Gasteiger partial charge in [0.2, 0.25) is 5.90 Å². The van der Waals surface area contributed by atoms with E-state index < -0.39 is 5.97 Å². The van der Waals surface area contributed by atoms with Gasteiger partial charge in [0.25, 0.3) is 0 Å². The van der Waals surface area contributed by atoms with Gasteiger partial charge in [-0.3, -0.25) is 4.98 Å². The van der Waals surface area contributed by atoms with Gasteiger partial charge in [-0.15, -0.1) is 11.3 Å². The molecule has 0 fully saturated rings. The first-order valence-electron chi connectivity index (χ1n) is 7.24. The van der Waals surface area contributed by atoms with Gasteiger partial charge in [0, 0.05) is 17.1 Å². The average Bonchev–Trinajstić information content (AvgIpc) is 3.24. The minimum absolute atomic E-state index is 0.242. The summed E-state index contributed by atoms with van der Waals surface area (Å²) in [7, 11) is 0. The van der Waals surface area contributed by atoms with Crippen molar-refractivity contribution < 1.29 is 9.53 Å². The smallest absolute Gasteiger partial charge is 0.363 e. The van der Waals surface area contributed by atoms with E-state index in [9.17, 15) is 4.79 Å². The summed E-state index contributed by atoms with van der Waals surface area (Å²) < 4.78 is 5.23. The van der Waals surface area contributed by atoms with Crippen LogP contribution in [0.2, 0.25) is 0 Å². The minimum Gasteiger partial charge on any atom is -0.402 e. The number of nitrogens with zero attached hydrogens (tertiary/aromatic N) is 3. The molecule has 0 radical (unpaired) electrons. The first-order chi connectivity index (χ1) is 11.8. The highest BCUT2D eigenvalue weighted by atomic mass is 32.1. The van der Waals surface area contributed by atoms with Crippen LogP contribution in [0.4, 0.5) is 0 Å². The molecular weight excluding hydrogens is 322 g/mol. The van der Waals surface area contributed by atoms with Crippen molar-refractivity contribution in [1.29, 1.82) is 0 Å². The van der Waals surface area contributed by atoms with E-state index in [1.165, 1.54) is 11.3 Å². The zero-order valence-electron chi connectivity index (χ0n) is 12.4. The third-order valence-corrected chi connectivity index (χ3v) is 4.21. The predicted molar refractivity (Wildman–Crippen MR) is 92.4 cm³/mol. The monoisotopic (exact) mass is 333 g/mol. The first kappa shape index (κ1) is 14.5. The predicted octanol–water partition coefficient (Wildman–Crippen LogP) is 3.55. The second kappa shape index (κ2) is 6.17. The number of rotatable bonds is 3. The molecule has 0 N–H and O–H groups in total. The molecule has 116 valence electrons. The number of pyridine rings is 1. The Kier molecular flexibility index (Phi) is 3.72. The van der Waals surface area contributed by atoms with Crippen LogP contribution in [0.15, 0.2) is 70.8 Å². The molecule has 0 saturated carbocycles. The molecule has 0 spiro atoms. The van der Waals surface area contributed by atoms with Crippen LogP contribution in [0.25, 0.3) is 16.8 Å². The number of thiazole rings is 1. The normalized spacial score (nSPS) is 15.4. The van der Waals surface area contributed by atoms with Gasteiger partial charge in [-0.05, 0) is 30.3 Å². The van der Waals surface area contributed by atoms with Crippen LogP contribution >= 0.6 is 11.3 Å². The van der Waals surface area contributed by atoms with E-state index in [2.05, 4.69) is 15.0 Å². The standard InChI is InChI=1S/C18H11N3O2S/c22-18-15(21-16(23-18)12-6-2-1-3-7-12)10-13-11-24-17(20-13)14-8-4-5-9-19-14/h1-11H/b15-10+. The van der Waals surface area contributed by atoms with Crippen molar-refractivity contribution in [2.75, 3.05) is 0 Å². The van der Waals surface area contributed by atoms with E-state index in [0.29, 0.717) is 11.6 Å². The second-order valence-corrected chi connectivity index (χ2v) is 5.85. The molecule has 24 heavy (non-hydrogen) atoms. The molecule has 6 heteroatoms. The average molecular weight is 333 g/mol. The maximum absolute atomic E-state index is 12.0. The van der Waals surface area contributed by atoms with Gasteiger partial charge in [-0.25, -0.2) is 14.8 Å². The summed E-state index contributed by atoms with van der Waals surface area (Å²) in [6, 6.07) is 15.0. The van der Waals surface area contributed by atoms with Gasteiger partial charge >= 0.3 is 5.97 Å². The number of cyclic esters (lactones) is 1. The van der Waals surface area contributed by atoms with Crippen molar-refractivity contribution >= 4 is 29.3 Å². The van der Waals surface area contributed by atoms with E-state index in [1.54, 1.807) is 12.3 Å². The Bertz CT molecular complexity index is 947. The topological polar surface area (TPSA) is 64.4 Å². The summed E-state index contributed by atoms with van der Waals surface area (Å²) in [4.78, 5) is 25.0.